The first-order chi connectivity index (χ1) is 8.09. The molecule has 6 nitrogen and oxygen atoms in total. The summed E-state index contributed by atoms with van der Waals surface area (Å²) in [6.45, 7) is 1.71. The fraction of sp³-hybridized carbons (Fsp3) is 0.182. The van der Waals surface area contributed by atoms with Gasteiger partial charge in [-0.15, -0.1) is 0 Å². The van der Waals surface area contributed by atoms with Crippen molar-refractivity contribution in [3.8, 4) is 0 Å². The summed E-state index contributed by atoms with van der Waals surface area (Å²) in [6.07, 6.45) is 0. The van der Waals surface area contributed by atoms with Crippen LogP contribution in [0.3, 0.4) is 0 Å². The van der Waals surface area contributed by atoms with Crippen LogP contribution in [0.25, 0.3) is 0 Å². The van der Waals surface area contributed by atoms with E-state index in [2.05, 4.69) is 0 Å². The van der Waals surface area contributed by atoms with Crippen molar-refractivity contribution >= 4 is 0 Å². The molecular weight excluding hydrogens is 222 g/mol. The number of H-pyrrole nitrogens is 2. The first kappa shape index (κ1) is 11.1. The number of hydrogen-bond acceptors (Lipinski definition) is 3. The molecule has 2 rings (SSSR count). The van der Waals surface area contributed by atoms with E-state index in [9.17, 15) is 14.4 Å². The molecule has 0 bridgehead atoms. The summed E-state index contributed by atoms with van der Waals surface area (Å²) >= 11 is 0. The molecule has 2 N–H and O–H groups in total. The normalized spacial score (nSPS) is 12.3. The Morgan fingerprint density at radius 3 is 2.06 bits per heavy atom. The van der Waals surface area contributed by atoms with Crippen LogP contribution in [0.1, 0.15) is 18.5 Å². The van der Waals surface area contributed by atoms with Gasteiger partial charge in [-0.3, -0.25) is 9.97 Å². The molecule has 0 unspecified atom stereocenters. The monoisotopic (exact) mass is 233 g/mol. The van der Waals surface area contributed by atoms with Crippen molar-refractivity contribution in [2.24, 2.45) is 0 Å². The largest absolute Gasteiger partial charge is 0.334 e. The molecule has 0 aliphatic rings. The number of benzene rings is 1. The minimum atomic E-state index is -0.795. The van der Waals surface area contributed by atoms with Gasteiger partial charge in [0.25, 0.3) is 0 Å². The van der Waals surface area contributed by atoms with E-state index in [1.807, 2.05) is 40.3 Å². The lowest BCUT2D eigenvalue weighted by atomic mass is 10.1. The predicted octanol–water partition coefficient (Wildman–Crippen LogP) is -0.166. The second-order valence-corrected chi connectivity index (χ2v) is 3.65. The topological polar surface area (TPSA) is 87.7 Å². The van der Waals surface area contributed by atoms with Crippen molar-refractivity contribution in [3.63, 3.8) is 0 Å². The Balaban J connectivity index is 2.60. The van der Waals surface area contributed by atoms with Gasteiger partial charge in [-0.25, -0.2) is 19.0 Å². The molecule has 0 amide bonds. The van der Waals surface area contributed by atoms with Gasteiger partial charge < -0.3 is 0 Å². The maximum atomic E-state index is 11.6. The minimum absolute atomic E-state index is 0.440. The van der Waals surface area contributed by atoms with E-state index in [0.717, 1.165) is 10.1 Å². The van der Waals surface area contributed by atoms with Crippen LogP contribution in [0.5, 0.6) is 0 Å². The average Bonchev–Trinajstić information content (AvgIpc) is 2.28. The van der Waals surface area contributed by atoms with Crippen molar-refractivity contribution in [2.75, 3.05) is 0 Å². The van der Waals surface area contributed by atoms with Crippen LogP contribution in [0.15, 0.2) is 44.7 Å². The molecule has 1 atom stereocenters. The number of nitrogens with one attached hydrogen (secondary N) is 2. The van der Waals surface area contributed by atoms with Gasteiger partial charge in [0.05, 0.1) is 6.04 Å². The molecule has 0 spiro atoms. The van der Waals surface area contributed by atoms with Crippen LogP contribution in [0.2, 0.25) is 0 Å². The van der Waals surface area contributed by atoms with Crippen molar-refractivity contribution in [1.29, 1.82) is 0 Å². The summed E-state index contributed by atoms with van der Waals surface area (Å²) in [5.74, 6) is 0. The number of aromatic nitrogens is 3. The average molecular weight is 233 g/mol. The lowest BCUT2D eigenvalue weighted by Crippen LogP contribution is -2.44. The van der Waals surface area contributed by atoms with Gasteiger partial charge in [0.15, 0.2) is 0 Å². The third-order valence-electron chi connectivity index (χ3n) is 2.55. The molecule has 0 saturated heterocycles. The zero-order chi connectivity index (χ0) is 12.4. The molecule has 0 fully saturated rings. The van der Waals surface area contributed by atoms with Crippen LogP contribution >= 0.6 is 0 Å². The third-order valence-corrected chi connectivity index (χ3v) is 2.55. The fourth-order valence-corrected chi connectivity index (χ4v) is 1.67. The minimum Gasteiger partial charge on any atom is -0.259 e. The van der Waals surface area contributed by atoms with E-state index in [1.165, 1.54) is 0 Å². The van der Waals surface area contributed by atoms with Crippen molar-refractivity contribution in [2.45, 2.75) is 13.0 Å². The van der Waals surface area contributed by atoms with E-state index in [0.29, 0.717) is 0 Å². The summed E-state index contributed by atoms with van der Waals surface area (Å²) in [5.41, 5.74) is -1.41. The second-order valence-electron chi connectivity index (χ2n) is 3.65. The van der Waals surface area contributed by atoms with E-state index >= 15 is 0 Å². The number of hydrogen-bond donors (Lipinski definition) is 2. The molecule has 1 aromatic carbocycles. The molecule has 1 heterocycles. The summed E-state index contributed by atoms with van der Waals surface area (Å²) in [4.78, 5) is 38.1. The van der Waals surface area contributed by atoms with E-state index < -0.39 is 23.1 Å². The van der Waals surface area contributed by atoms with Gasteiger partial charge in [-0.2, -0.15) is 0 Å². The first-order valence-corrected chi connectivity index (χ1v) is 5.09. The zero-order valence-electron chi connectivity index (χ0n) is 9.14. The second kappa shape index (κ2) is 4.25. The first-order valence-electron chi connectivity index (χ1n) is 5.09. The van der Waals surface area contributed by atoms with Gasteiger partial charge in [0.1, 0.15) is 0 Å². The highest BCUT2D eigenvalue weighted by atomic mass is 16.2. The lowest BCUT2D eigenvalue weighted by molar-refractivity contribution is 0.552. The Morgan fingerprint density at radius 2 is 1.53 bits per heavy atom. The zero-order valence-corrected chi connectivity index (χ0v) is 9.14. The maximum absolute atomic E-state index is 11.6. The Labute approximate surface area is 95.6 Å². The number of rotatable bonds is 2. The highest BCUT2D eigenvalue weighted by molar-refractivity contribution is 5.18. The molecular formula is C11H11N3O3. The van der Waals surface area contributed by atoms with Crippen LogP contribution < -0.4 is 17.1 Å². The van der Waals surface area contributed by atoms with Crippen molar-refractivity contribution in [3.05, 3.63) is 67.3 Å². The third kappa shape index (κ3) is 2.10. The van der Waals surface area contributed by atoms with E-state index in [4.69, 9.17) is 0 Å². The molecule has 0 saturated carbocycles. The summed E-state index contributed by atoms with van der Waals surface area (Å²) in [7, 11) is 0. The van der Waals surface area contributed by atoms with Gasteiger partial charge in [-0.1, -0.05) is 30.3 Å². The van der Waals surface area contributed by atoms with Gasteiger partial charge in [0.2, 0.25) is 0 Å². The standard InChI is InChI=1S/C11H11N3O3/c1-7(8-5-3-2-4-6-8)14-10(16)12-9(15)13-11(14)17/h2-7H,1H3,(H2,12,13,15,16,17)/t7-/m1/s1. The predicted molar refractivity (Wildman–Crippen MR) is 62.2 cm³/mol. The van der Waals surface area contributed by atoms with Crippen LogP contribution in [0, 0.1) is 0 Å². The molecule has 17 heavy (non-hydrogen) atoms. The Hall–Kier alpha value is -2.37. The Bertz CT molecular complexity index is 647. The summed E-state index contributed by atoms with van der Waals surface area (Å²) in [5, 5.41) is 0. The van der Waals surface area contributed by atoms with Gasteiger partial charge in [-0.05, 0) is 12.5 Å². The van der Waals surface area contributed by atoms with Crippen molar-refractivity contribution in [1.82, 2.24) is 14.5 Å². The highest BCUT2D eigenvalue weighted by Gasteiger charge is 2.12. The molecule has 1 aromatic heterocycles. The molecule has 88 valence electrons. The quantitative estimate of drug-likeness (QED) is 0.755. The summed E-state index contributed by atoms with van der Waals surface area (Å²) < 4.78 is 0.969. The van der Waals surface area contributed by atoms with E-state index in [1.54, 1.807) is 6.92 Å². The maximum Gasteiger partial charge on any atom is 0.334 e. The molecule has 0 radical (unpaired) electrons. The Morgan fingerprint density at radius 1 is 1.00 bits per heavy atom. The lowest BCUT2D eigenvalue weighted by Gasteiger charge is -2.12. The highest BCUT2D eigenvalue weighted by Crippen LogP contribution is 2.12. The van der Waals surface area contributed by atoms with Crippen LogP contribution in [-0.4, -0.2) is 14.5 Å². The molecule has 6 heteroatoms. The molecule has 0 aliphatic heterocycles. The summed E-state index contributed by atoms with van der Waals surface area (Å²) in [6, 6.07) is 8.65. The smallest absolute Gasteiger partial charge is 0.259 e. The fourth-order valence-electron chi connectivity index (χ4n) is 1.67. The number of aromatic amines is 2. The van der Waals surface area contributed by atoms with Crippen LogP contribution in [-0.2, 0) is 0 Å². The Kier molecular flexibility index (Phi) is 2.78. The SMILES string of the molecule is C[C@H](c1ccccc1)n1c(=O)[nH]c(=O)[nH]c1=O. The molecule has 0 aliphatic carbocycles. The van der Waals surface area contributed by atoms with Gasteiger partial charge >= 0.3 is 17.1 Å². The van der Waals surface area contributed by atoms with Gasteiger partial charge in [0, 0.05) is 0 Å². The van der Waals surface area contributed by atoms with E-state index in [-0.39, 0.29) is 0 Å². The van der Waals surface area contributed by atoms with Crippen molar-refractivity contribution < 1.29 is 0 Å². The number of nitrogens with zero attached hydrogens (tertiary/aromatic N) is 1. The van der Waals surface area contributed by atoms with Crippen LogP contribution in [0.4, 0.5) is 0 Å². The molecule has 2 aromatic rings.